The number of aliphatic hydroxyl groups excluding tert-OH is 2. The minimum Gasteiger partial charge on any atom is -0.380 e. The number of aliphatic hydroxyl groups is 2. The normalized spacial score (nSPS) is 12.4. The van der Waals surface area contributed by atoms with Crippen LogP contribution in [0.15, 0.2) is 36.5 Å². The zero-order valence-electron chi connectivity index (χ0n) is 30.9. The lowest BCUT2D eigenvalue weighted by Gasteiger charge is -2.02. The van der Waals surface area contributed by atoms with Crippen LogP contribution < -0.4 is 0 Å². The van der Waals surface area contributed by atoms with E-state index >= 15 is 0 Å². The van der Waals surface area contributed by atoms with Gasteiger partial charge in [0.15, 0.2) is 6.10 Å². The summed E-state index contributed by atoms with van der Waals surface area (Å²) < 4.78 is 0. The fourth-order valence-electron chi connectivity index (χ4n) is 5.63. The van der Waals surface area contributed by atoms with Crippen LogP contribution in [0.25, 0.3) is 0 Å². The third kappa shape index (κ3) is 39.6. The summed E-state index contributed by atoms with van der Waals surface area (Å²) in [4.78, 5) is 0. The Bertz CT molecular complexity index is 980. The minimum absolute atomic E-state index is 0.587. The number of rotatable bonds is 32. The molecule has 0 amide bonds. The Balaban J connectivity index is 3.39. The standard InChI is InChI=1S/C46H72O2/c1-3-5-6-7-8-9-10-11-12-13-14-15-16-17-18-19-20-21-22-23-24-25-26-27-28-29-30-34-37-40-43-46(48)44-41-38-35-32-31-33-36-39-42-45(47)4-2/h1-2,5-6,21-22,27-28,45-48H,7-20,23-26,29-39,42H2/b6-5-,22-21-,28-27-/t45-,46-/m1/s1. The van der Waals surface area contributed by atoms with E-state index in [2.05, 4.69) is 65.9 Å². The van der Waals surface area contributed by atoms with E-state index in [1.54, 1.807) is 0 Å². The Hall–Kier alpha value is -2.62. The Morgan fingerprint density at radius 3 is 1.19 bits per heavy atom. The van der Waals surface area contributed by atoms with E-state index in [9.17, 15) is 10.2 Å². The average Bonchev–Trinajstić information content (AvgIpc) is 3.09. The van der Waals surface area contributed by atoms with Crippen molar-refractivity contribution in [2.75, 3.05) is 0 Å². The zero-order valence-corrected chi connectivity index (χ0v) is 30.9. The fourth-order valence-corrected chi connectivity index (χ4v) is 5.63. The van der Waals surface area contributed by atoms with Gasteiger partial charge in [0.25, 0.3) is 0 Å². The quantitative estimate of drug-likeness (QED) is 0.0430. The van der Waals surface area contributed by atoms with E-state index < -0.39 is 12.2 Å². The average molecular weight is 657 g/mol. The molecule has 0 fully saturated rings. The van der Waals surface area contributed by atoms with Gasteiger partial charge in [-0.2, -0.15) is 0 Å². The highest BCUT2D eigenvalue weighted by molar-refractivity contribution is 5.19. The van der Waals surface area contributed by atoms with Crippen molar-refractivity contribution in [3.63, 3.8) is 0 Å². The van der Waals surface area contributed by atoms with Crippen molar-refractivity contribution in [1.29, 1.82) is 0 Å². The molecule has 0 aromatic rings. The molecular weight excluding hydrogens is 585 g/mol. The molecule has 48 heavy (non-hydrogen) atoms. The summed E-state index contributed by atoms with van der Waals surface area (Å²) in [7, 11) is 0. The van der Waals surface area contributed by atoms with Crippen LogP contribution in [0.2, 0.25) is 0 Å². The molecule has 0 heterocycles. The molecule has 0 aliphatic rings. The molecule has 268 valence electrons. The molecule has 0 saturated carbocycles. The fraction of sp³-hybridized carbons (Fsp3) is 0.696. The van der Waals surface area contributed by atoms with Crippen LogP contribution in [-0.4, -0.2) is 22.4 Å². The molecule has 2 nitrogen and oxygen atoms in total. The van der Waals surface area contributed by atoms with Crippen LogP contribution in [-0.2, 0) is 0 Å². The molecule has 0 unspecified atom stereocenters. The predicted molar refractivity (Wildman–Crippen MR) is 211 cm³/mol. The molecule has 0 spiro atoms. The Labute approximate surface area is 299 Å². The monoisotopic (exact) mass is 657 g/mol. The molecule has 0 aliphatic carbocycles. The first-order valence-electron chi connectivity index (χ1n) is 19.9. The maximum absolute atomic E-state index is 9.92. The van der Waals surface area contributed by atoms with Gasteiger partial charge in [-0.1, -0.05) is 156 Å². The van der Waals surface area contributed by atoms with E-state index in [0.29, 0.717) is 6.42 Å². The van der Waals surface area contributed by atoms with Crippen molar-refractivity contribution in [3.8, 4) is 48.4 Å². The summed E-state index contributed by atoms with van der Waals surface area (Å²) in [5.74, 6) is 16.8. The lowest BCUT2D eigenvalue weighted by Crippen LogP contribution is -2.01. The third-order valence-electron chi connectivity index (χ3n) is 8.65. The van der Waals surface area contributed by atoms with Gasteiger partial charge in [0.05, 0.1) is 0 Å². The van der Waals surface area contributed by atoms with Gasteiger partial charge in [0, 0.05) is 12.8 Å². The number of terminal acetylenes is 2. The number of hydrogen-bond donors (Lipinski definition) is 2. The molecule has 0 aromatic carbocycles. The highest BCUT2D eigenvalue weighted by Gasteiger charge is 1.98. The topological polar surface area (TPSA) is 40.5 Å². The lowest BCUT2D eigenvalue weighted by molar-refractivity contribution is 0.217. The smallest absolute Gasteiger partial charge is 0.176 e. The maximum atomic E-state index is 9.92. The van der Waals surface area contributed by atoms with Crippen molar-refractivity contribution in [3.05, 3.63) is 36.5 Å². The van der Waals surface area contributed by atoms with Gasteiger partial charge in [-0.25, -0.2) is 0 Å². The number of unbranched alkanes of at least 4 members (excludes halogenated alkanes) is 25. The second kappa shape index (κ2) is 40.6. The summed E-state index contributed by atoms with van der Waals surface area (Å²) >= 11 is 0. The van der Waals surface area contributed by atoms with Crippen LogP contribution in [0.4, 0.5) is 0 Å². The van der Waals surface area contributed by atoms with Gasteiger partial charge in [0.2, 0.25) is 0 Å². The minimum atomic E-state index is -0.822. The zero-order chi connectivity index (χ0) is 34.9. The summed E-state index contributed by atoms with van der Waals surface area (Å²) in [6.45, 7) is 0. The summed E-state index contributed by atoms with van der Waals surface area (Å²) in [6.07, 6.45) is 58.7. The van der Waals surface area contributed by atoms with Crippen molar-refractivity contribution in [2.45, 2.75) is 205 Å². The summed E-state index contributed by atoms with van der Waals surface area (Å²) in [5, 5.41) is 19.2. The van der Waals surface area contributed by atoms with E-state index in [-0.39, 0.29) is 0 Å². The van der Waals surface area contributed by atoms with Gasteiger partial charge in [-0.05, 0) is 96.0 Å². The van der Waals surface area contributed by atoms with Crippen LogP contribution >= 0.6 is 0 Å². The molecule has 0 bridgehead atoms. The van der Waals surface area contributed by atoms with Crippen LogP contribution in [0.1, 0.15) is 193 Å². The van der Waals surface area contributed by atoms with Crippen molar-refractivity contribution in [2.24, 2.45) is 0 Å². The number of allylic oxidation sites excluding steroid dienone is 6. The van der Waals surface area contributed by atoms with Crippen LogP contribution in [0.3, 0.4) is 0 Å². The second-order valence-electron chi connectivity index (χ2n) is 13.2. The van der Waals surface area contributed by atoms with Crippen molar-refractivity contribution in [1.82, 2.24) is 0 Å². The first kappa shape index (κ1) is 45.4. The van der Waals surface area contributed by atoms with Gasteiger partial charge in [-0.3, -0.25) is 0 Å². The maximum Gasteiger partial charge on any atom is 0.176 e. The van der Waals surface area contributed by atoms with Crippen LogP contribution in [0, 0.1) is 48.4 Å². The Kier molecular flexibility index (Phi) is 38.3. The first-order valence-corrected chi connectivity index (χ1v) is 19.9. The SMILES string of the molecule is C#C/C=C\CCCCCCCCCCCCCC/C=C\CCCC/C=C\CCCCC#C[C@@H](O)C#CCCCCCCCC[C@H](O)C#C. The third-order valence-corrected chi connectivity index (χ3v) is 8.65. The Morgan fingerprint density at radius 1 is 0.417 bits per heavy atom. The van der Waals surface area contributed by atoms with Crippen LogP contribution in [0.5, 0.6) is 0 Å². The van der Waals surface area contributed by atoms with Crippen molar-refractivity contribution >= 4 is 0 Å². The molecule has 2 atom stereocenters. The number of hydrogen-bond acceptors (Lipinski definition) is 2. The van der Waals surface area contributed by atoms with E-state index in [0.717, 1.165) is 64.2 Å². The summed E-state index contributed by atoms with van der Waals surface area (Å²) in [5.41, 5.74) is 0. The predicted octanol–water partition coefficient (Wildman–Crippen LogP) is 12.4. The van der Waals surface area contributed by atoms with E-state index in [1.807, 2.05) is 6.08 Å². The van der Waals surface area contributed by atoms with E-state index in [4.69, 9.17) is 12.8 Å². The molecule has 0 radical (unpaired) electrons. The molecule has 2 heteroatoms. The second-order valence-corrected chi connectivity index (χ2v) is 13.2. The molecule has 0 aromatic heterocycles. The molecule has 0 saturated heterocycles. The highest BCUT2D eigenvalue weighted by Crippen LogP contribution is 2.14. The van der Waals surface area contributed by atoms with Gasteiger partial charge in [-0.15, -0.1) is 12.8 Å². The van der Waals surface area contributed by atoms with Crippen molar-refractivity contribution < 1.29 is 10.2 Å². The van der Waals surface area contributed by atoms with E-state index in [1.165, 1.54) is 122 Å². The summed E-state index contributed by atoms with van der Waals surface area (Å²) in [6, 6.07) is 0. The largest absolute Gasteiger partial charge is 0.380 e. The first-order chi connectivity index (χ1) is 23.7. The van der Waals surface area contributed by atoms with Gasteiger partial charge < -0.3 is 10.2 Å². The molecule has 2 N–H and O–H groups in total. The highest BCUT2D eigenvalue weighted by atomic mass is 16.3. The molecule has 0 rings (SSSR count). The lowest BCUT2D eigenvalue weighted by atomic mass is 10.0. The van der Waals surface area contributed by atoms with Gasteiger partial charge >= 0.3 is 0 Å². The molecular formula is C46H72O2. The Morgan fingerprint density at radius 2 is 0.750 bits per heavy atom. The van der Waals surface area contributed by atoms with Gasteiger partial charge in [0.1, 0.15) is 6.10 Å². The molecule has 0 aliphatic heterocycles.